The molecule has 3 rings (SSSR count). The molecule has 0 aliphatic heterocycles. The molecule has 0 bridgehead atoms. The second-order valence-corrected chi connectivity index (χ2v) is 8.11. The van der Waals surface area contributed by atoms with Gasteiger partial charge < -0.3 is 10.1 Å². The number of anilines is 1. The number of halogens is 1. The first-order valence-electron chi connectivity index (χ1n) is 9.97. The molecule has 1 aliphatic rings. The number of nitrogens with zero attached hydrogens (tertiary/aromatic N) is 4. The molecule has 2 heterocycles. The maximum Gasteiger partial charge on any atom is 0.415 e. The molecular formula is C20H30ClN5O3. The van der Waals surface area contributed by atoms with Gasteiger partial charge in [-0.3, -0.25) is 9.69 Å². The molecular weight excluding hydrogens is 394 g/mol. The van der Waals surface area contributed by atoms with Crippen molar-refractivity contribution in [3.63, 3.8) is 0 Å². The van der Waals surface area contributed by atoms with E-state index in [2.05, 4.69) is 15.4 Å². The first-order chi connectivity index (χ1) is 13.7. The lowest BCUT2D eigenvalue weighted by Gasteiger charge is -2.24. The summed E-state index contributed by atoms with van der Waals surface area (Å²) in [6.07, 6.45) is 5.08. The number of aromatic nitrogens is 3. The largest absolute Gasteiger partial charge is 0.443 e. The van der Waals surface area contributed by atoms with Gasteiger partial charge in [0, 0.05) is 19.2 Å². The van der Waals surface area contributed by atoms with Gasteiger partial charge in [0.2, 0.25) is 0 Å². The van der Waals surface area contributed by atoms with E-state index < -0.39 is 11.7 Å². The fraction of sp³-hybridized carbons (Fsp3) is 0.600. The normalized spacial score (nSPS) is 14.3. The molecule has 1 saturated carbocycles. The van der Waals surface area contributed by atoms with Crippen molar-refractivity contribution < 1.29 is 14.3 Å². The average Bonchev–Trinajstić information content (AvgIpc) is 3.30. The zero-order chi connectivity index (χ0) is 21.8. The molecule has 8 nitrogen and oxygen atoms in total. The van der Waals surface area contributed by atoms with Gasteiger partial charge in [0.05, 0.1) is 6.20 Å². The van der Waals surface area contributed by atoms with E-state index in [1.807, 2.05) is 13.8 Å². The van der Waals surface area contributed by atoms with Crippen molar-refractivity contribution in [2.45, 2.75) is 71.9 Å². The van der Waals surface area contributed by atoms with E-state index in [0.717, 1.165) is 25.7 Å². The lowest BCUT2D eigenvalue weighted by atomic mass is 10.2. The molecule has 0 saturated heterocycles. The molecule has 2 amide bonds. The SMILES string of the molecule is CC.CN(C(=O)OC(C)(C)C)c1cc(Cl)nc2c(C(=O)NC3CCCC3)cnn12. The van der Waals surface area contributed by atoms with Crippen LogP contribution in [-0.2, 0) is 4.74 Å². The Labute approximate surface area is 176 Å². The summed E-state index contributed by atoms with van der Waals surface area (Å²) in [5.41, 5.74) is -0.0239. The van der Waals surface area contributed by atoms with Gasteiger partial charge in [-0.05, 0) is 33.6 Å². The lowest BCUT2D eigenvalue weighted by Crippen LogP contribution is -2.35. The van der Waals surface area contributed by atoms with Crippen LogP contribution in [0.25, 0.3) is 5.65 Å². The van der Waals surface area contributed by atoms with Gasteiger partial charge in [0.1, 0.15) is 22.1 Å². The van der Waals surface area contributed by atoms with Crippen molar-refractivity contribution in [3.8, 4) is 0 Å². The third-order valence-electron chi connectivity index (χ3n) is 4.37. The van der Waals surface area contributed by atoms with E-state index in [1.165, 1.54) is 21.7 Å². The van der Waals surface area contributed by atoms with Crippen LogP contribution in [0.2, 0.25) is 5.15 Å². The van der Waals surface area contributed by atoms with Crippen LogP contribution in [0.15, 0.2) is 12.3 Å². The van der Waals surface area contributed by atoms with Crippen molar-refractivity contribution in [2.75, 3.05) is 11.9 Å². The predicted octanol–water partition coefficient (Wildman–Crippen LogP) is 4.45. The van der Waals surface area contributed by atoms with Crippen LogP contribution in [-0.4, -0.2) is 45.3 Å². The number of carbonyl (C=O) groups excluding carboxylic acids is 2. The number of hydrogen-bond acceptors (Lipinski definition) is 5. The van der Waals surface area contributed by atoms with Crippen molar-refractivity contribution in [1.82, 2.24) is 19.9 Å². The van der Waals surface area contributed by atoms with E-state index in [0.29, 0.717) is 17.0 Å². The van der Waals surface area contributed by atoms with Crippen LogP contribution in [0.5, 0.6) is 0 Å². The topological polar surface area (TPSA) is 88.8 Å². The summed E-state index contributed by atoms with van der Waals surface area (Å²) in [4.78, 5) is 30.6. The van der Waals surface area contributed by atoms with Crippen LogP contribution >= 0.6 is 11.6 Å². The van der Waals surface area contributed by atoms with Crippen molar-refractivity contribution in [1.29, 1.82) is 0 Å². The van der Waals surface area contributed by atoms with Crippen LogP contribution in [0.4, 0.5) is 10.6 Å². The summed E-state index contributed by atoms with van der Waals surface area (Å²) >= 11 is 6.15. The second kappa shape index (κ2) is 9.43. The monoisotopic (exact) mass is 423 g/mol. The van der Waals surface area contributed by atoms with Gasteiger partial charge in [0.15, 0.2) is 5.65 Å². The Hall–Kier alpha value is -2.35. The molecule has 2 aromatic rings. The van der Waals surface area contributed by atoms with Crippen LogP contribution in [0.1, 0.15) is 70.7 Å². The fourth-order valence-electron chi connectivity index (χ4n) is 3.07. The molecule has 2 aromatic heterocycles. The number of hydrogen-bond donors (Lipinski definition) is 1. The Morgan fingerprint density at radius 1 is 1.28 bits per heavy atom. The molecule has 0 spiro atoms. The molecule has 1 aliphatic carbocycles. The highest BCUT2D eigenvalue weighted by Gasteiger charge is 2.26. The maximum atomic E-state index is 12.6. The number of fused-ring (bicyclic) bond motifs is 1. The quantitative estimate of drug-likeness (QED) is 0.736. The summed E-state index contributed by atoms with van der Waals surface area (Å²) in [7, 11) is 1.55. The zero-order valence-corrected chi connectivity index (χ0v) is 18.7. The molecule has 1 N–H and O–H groups in total. The maximum absolute atomic E-state index is 12.6. The standard InChI is InChI=1S/C18H24ClN5O3.C2H6/c1-18(2,3)27-17(26)23(4)14-9-13(19)22-15-12(10-20-24(14)15)16(25)21-11-7-5-6-8-11;1-2/h9-11H,5-8H2,1-4H3,(H,21,25);1-2H3. The highest BCUT2D eigenvalue weighted by Crippen LogP contribution is 2.24. The molecule has 1 fully saturated rings. The van der Waals surface area contributed by atoms with Gasteiger partial charge in [-0.15, -0.1) is 0 Å². The summed E-state index contributed by atoms with van der Waals surface area (Å²) in [5, 5.41) is 7.41. The van der Waals surface area contributed by atoms with Crippen molar-refractivity contribution >= 4 is 35.1 Å². The zero-order valence-electron chi connectivity index (χ0n) is 18.0. The van der Waals surface area contributed by atoms with Crippen LogP contribution in [0, 0.1) is 0 Å². The Bertz CT molecular complexity index is 869. The van der Waals surface area contributed by atoms with E-state index in [9.17, 15) is 9.59 Å². The van der Waals surface area contributed by atoms with Gasteiger partial charge in [0.25, 0.3) is 5.91 Å². The van der Waals surface area contributed by atoms with E-state index in [4.69, 9.17) is 16.3 Å². The van der Waals surface area contributed by atoms with Crippen molar-refractivity contribution in [2.24, 2.45) is 0 Å². The third kappa shape index (κ3) is 5.59. The first kappa shape index (κ1) is 22.9. The Morgan fingerprint density at radius 3 is 2.48 bits per heavy atom. The summed E-state index contributed by atoms with van der Waals surface area (Å²) < 4.78 is 6.80. The Balaban J connectivity index is 0.00000145. The third-order valence-corrected chi connectivity index (χ3v) is 4.56. The van der Waals surface area contributed by atoms with Gasteiger partial charge in [-0.25, -0.2) is 9.78 Å². The van der Waals surface area contributed by atoms with E-state index in [-0.39, 0.29) is 17.1 Å². The summed E-state index contributed by atoms with van der Waals surface area (Å²) in [6.45, 7) is 9.35. The summed E-state index contributed by atoms with van der Waals surface area (Å²) in [6, 6.07) is 1.68. The van der Waals surface area contributed by atoms with Gasteiger partial charge in [-0.1, -0.05) is 38.3 Å². The Morgan fingerprint density at radius 2 is 1.90 bits per heavy atom. The predicted molar refractivity (Wildman–Crippen MR) is 114 cm³/mol. The minimum absolute atomic E-state index is 0.156. The molecule has 29 heavy (non-hydrogen) atoms. The van der Waals surface area contributed by atoms with E-state index >= 15 is 0 Å². The molecule has 160 valence electrons. The molecule has 9 heteroatoms. The molecule has 0 aromatic carbocycles. The van der Waals surface area contributed by atoms with E-state index in [1.54, 1.807) is 27.8 Å². The second-order valence-electron chi connectivity index (χ2n) is 7.72. The fourth-order valence-corrected chi connectivity index (χ4v) is 3.25. The number of nitrogens with one attached hydrogen (secondary N) is 1. The van der Waals surface area contributed by atoms with Crippen LogP contribution < -0.4 is 10.2 Å². The minimum Gasteiger partial charge on any atom is -0.443 e. The van der Waals surface area contributed by atoms with Crippen molar-refractivity contribution in [3.05, 3.63) is 23.0 Å². The minimum atomic E-state index is -0.641. The number of amides is 2. The number of rotatable bonds is 3. The average molecular weight is 424 g/mol. The van der Waals surface area contributed by atoms with Gasteiger partial charge in [-0.2, -0.15) is 9.61 Å². The highest BCUT2D eigenvalue weighted by atomic mass is 35.5. The lowest BCUT2D eigenvalue weighted by molar-refractivity contribution is 0.0587. The smallest absolute Gasteiger partial charge is 0.415 e. The highest BCUT2D eigenvalue weighted by molar-refractivity contribution is 6.30. The molecule has 0 unspecified atom stereocenters. The Kier molecular flexibility index (Phi) is 7.46. The number of carbonyl (C=O) groups is 2. The number of ether oxygens (including phenoxy) is 1. The molecule has 0 atom stereocenters. The molecule has 0 radical (unpaired) electrons. The van der Waals surface area contributed by atoms with Crippen LogP contribution in [0.3, 0.4) is 0 Å². The first-order valence-corrected chi connectivity index (χ1v) is 10.4. The van der Waals surface area contributed by atoms with Gasteiger partial charge >= 0.3 is 6.09 Å². The summed E-state index contributed by atoms with van der Waals surface area (Å²) in [5.74, 6) is 0.122.